The molecule has 0 unspecified atom stereocenters. The lowest BCUT2D eigenvalue weighted by atomic mass is 10.0. The SMILES string of the molecule is C=[C]C=CCCCCCCCCCCCCCC. The summed E-state index contributed by atoms with van der Waals surface area (Å²) in [5.74, 6) is 0. The lowest BCUT2D eigenvalue weighted by Gasteiger charge is -2.02. The highest BCUT2D eigenvalue weighted by atomic mass is 14.0. The van der Waals surface area contributed by atoms with Gasteiger partial charge in [0.15, 0.2) is 0 Å². The van der Waals surface area contributed by atoms with Gasteiger partial charge in [0.2, 0.25) is 0 Å². The molecule has 0 aliphatic carbocycles. The maximum Gasteiger partial charge on any atom is -0.0265 e. The van der Waals surface area contributed by atoms with Gasteiger partial charge in [-0.15, -0.1) is 0 Å². The Labute approximate surface area is 116 Å². The van der Waals surface area contributed by atoms with Crippen LogP contribution in [0.4, 0.5) is 0 Å². The second kappa shape index (κ2) is 16.5. The van der Waals surface area contributed by atoms with Crippen LogP contribution in [-0.4, -0.2) is 0 Å². The van der Waals surface area contributed by atoms with Crippen molar-refractivity contribution in [1.82, 2.24) is 0 Å². The summed E-state index contributed by atoms with van der Waals surface area (Å²) in [7, 11) is 0. The van der Waals surface area contributed by atoms with Crippen LogP contribution in [0.25, 0.3) is 0 Å². The molecular weight excluding hydrogens is 216 g/mol. The van der Waals surface area contributed by atoms with E-state index in [1.807, 2.05) is 6.08 Å². The zero-order chi connectivity index (χ0) is 13.3. The first-order chi connectivity index (χ1) is 8.91. The van der Waals surface area contributed by atoms with Crippen molar-refractivity contribution < 1.29 is 0 Å². The van der Waals surface area contributed by atoms with Crippen molar-refractivity contribution in [2.45, 2.75) is 90.4 Å². The van der Waals surface area contributed by atoms with E-state index < -0.39 is 0 Å². The summed E-state index contributed by atoms with van der Waals surface area (Å²) in [6.45, 7) is 5.83. The van der Waals surface area contributed by atoms with Gasteiger partial charge in [0.25, 0.3) is 0 Å². The summed E-state index contributed by atoms with van der Waals surface area (Å²) in [6, 6.07) is 0. The van der Waals surface area contributed by atoms with Crippen LogP contribution in [0.15, 0.2) is 18.7 Å². The molecule has 0 aliphatic rings. The molecule has 0 nitrogen and oxygen atoms in total. The van der Waals surface area contributed by atoms with Crippen molar-refractivity contribution in [2.75, 3.05) is 0 Å². The van der Waals surface area contributed by atoms with Crippen LogP contribution in [0.1, 0.15) is 90.4 Å². The molecule has 0 amide bonds. The van der Waals surface area contributed by atoms with E-state index in [9.17, 15) is 0 Å². The van der Waals surface area contributed by atoms with Gasteiger partial charge in [0.05, 0.1) is 0 Å². The average molecular weight is 249 g/mol. The summed E-state index contributed by atoms with van der Waals surface area (Å²) in [4.78, 5) is 0. The Morgan fingerprint density at radius 2 is 1.17 bits per heavy atom. The summed E-state index contributed by atoms with van der Waals surface area (Å²) >= 11 is 0. The van der Waals surface area contributed by atoms with Gasteiger partial charge < -0.3 is 0 Å². The average Bonchev–Trinajstić information content (AvgIpc) is 2.39. The molecule has 0 aromatic heterocycles. The van der Waals surface area contributed by atoms with Crippen LogP contribution >= 0.6 is 0 Å². The van der Waals surface area contributed by atoms with Gasteiger partial charge in [0, 0.05) is 0 Å². The summed E-state index contributed by atoms with van der Waals surface area (Å²) < 4.78 is 0. The first kappa shape index (κ1) is 17.5. The van der Waals surface area contributed by atoms with E-state index >= 15 is 0 Å². The van der Waals surface area contributed by atoms with E-state index in [-0.39, 0.29) is 0 Å². The highest BCUT2D eigenvalue weighted by Gasteiger charge is 1.92. The molecule has 0 aromatic carbocycles. The van der Waals surface area contributed by atoms with Crippen molar-refractivity contribution in [3.63, 3.8) is 0 Å². The number of hydrogen-bond acceptors (Lipinski definition) is 0. The number of allylic oxidation sites excluding steroid dienone is 3. The minimum atomic E-state index is 1.19. The van der Waals surface area contributed by atoms with E-state index in [2.05, 4.69) is 25.7 Å². The monoisotopic (exact) mass is 249 g/mol. The second-order valence-corrected chi connectivity index (χ2v) is 5.28. The molecule has 0 rings (SSSR count). The fraction of sp³-hybridized carbons (Fsp3) is 0.778. The van der Waals surface area contributed by atoms with Crippen LogP contribution in [0.3, 0.4) is 0 Å². The molecule has 1 radical (unpaired) electrons. The van der Waals surface area contributed by atoms with E-state index in [0.717, 1.165) is 0 Å². The highest BCUT2D eigenvalue weighted by Crippen LogP contribution is 2.12. The van der Waals surface area contributed by atoms with Gasteiger partial charge in [-0.3, -0.25) is 0 Å². The van der Waals surface area contributed by atoms with Crippen molar-refractivity contribution in [1.29, 1.82) is 0 Å². The molecule has 0 aliphatic heterocycles. The molecule has 0 saturated heterocycles. The first-order valence-corrected chi connectivity index (χ1v) is 8.09. The van der Waals surface area contributed by atoms with Crippen LogP contribution in [-0.2, 0) is 0 Å². The molecule has 18 heavy (non-hydrogen) atoms. The molecule has 0 heteroatoms. The van der Waals surface area contributed by atoms with Crippen molar-refractivity contribution >= 4 is 0 Å². The Morgan fingerprint density at radius 3 is 1.61 bits per heavy atom. The van der Waals surface area contributed by atoms with Crippen molar-refractivity contribution in [3.05, 3.63) is 24.8 Å². The first-order valence-electron chi connectivity index (χ1n) is 8.09. The Morgan fingerprint density at radius 1 is 0.722 bits per heavy atom. The minimum absolute atomic E-state index is 1.19. The quantitative estimate of drug-likeness (QED) is 0.239. The van der Waals surface area contributed by atoms with E-state index in [4.69, 9.17) is 0 Å². The predicted molar refractivity (Wildman–Crippen MR) is 83.7 cm³/mol. The third-order valence-electron chi connectivity index (χ3n) is 3.46. The molecule has 0 N–H and O–H groups in total. The van der Waals surface area contributed by atoms with E-state index in [0.29, 0.717) is 0 Å². The molecule has 0 atom stereocenters. The topological polar surface area (TPSA) is 0 Å². The second-order valence-electron chi connectivity index (χ2n) is 5.28. The third kappa shape index (κ3) is 15.5. The fourth-order valence-corrected chi connectivity index (χ4v) is 2.27. The van der Waals surface area contributed by atoms with Gasteiger partial charge in [-0.25, -0.2) is 0 Å². The Bertz CT molecular complexity index is 178. The molecule has 0 saturated carbocycles. The Hall–Kier alpha value is -0.520. The van der Waals surface area contributed by atoms with Crippen LogP contribution < -0.4 is 0 Å². The van der Waals surface area contributed by atoms with Gasteiger partial charge in [0.1, 0.15) is 0 Å². The number of hydrogen-bond donors (Lipinski definition) is 0. The largest absolute Gasteiger partial charge is 0.0912 e. The summed E-state index contributed by atoms with van der Waals surface area (Å²) in [5, 5.41) is 0. The van der Waals surface area contributed by atoms with Crippen molar-refractivity contribution in [3.8, 4) is 0 Å². The summed E-state index contributed by atoms with van der Waals surface area (Å²) in [6.07, 6.45) is 25.2. The smallest absolute Gasteiger partial charge is 0.0265 e. The highest BCUT2D eigenvalue weighted by molar-refractivity contribution is 4.89. The molecule has 105 valence electrons. The third-order valence-corrected chi connectivity index (χ3v) is 3.46. The van der Waals surface area contributed by atoms with E-state index in [1.54, 1.807) is 0 Å². The lowest BCUT2D eigenvalue weighted by molar-refractivity contribution is 0.545. The van der Waals surface area contributed by atoms with Crippen molar-refractivity contribution in [2.24, 2.45) is 0 Å². The Balaban J connectivity index is 2.94. The maximum absolute atomic E-state index is 3.55. The molecule has 0 aromatic rings. The van der Waals surface area contributed by atoms with E-state index in [1.165, 1.54) is 83.5 Å². The maximum atomic E-state index is 3.55. The zero-order valence-electron chi connectivity index (χ0n) is 12.6. The van der Waals surface area contributed by atoms with Crippen LogP contribution in [0.5, 0.6) is 0 Å². The zero-order valence-corrected chi connectivity index (χ0v) is 12.6. The predicted octanol–water partition coefficient (Wildman–Crippen LogP) is 6.62. The van der Waals surface area contributed by atoms with Gasteiger partial charge in [-0.2, -0.15) is 0 Å². The van der Waals surface area contributed by atoms with Crippen LogP contribution in [0.2, 0.25) is 0 Å². The van der Waals surface area contributed by atoms with Gasteiger partial charge in [-0.05, 0) is 18.9 Å². The molecule has 0 heterocycles. The fourth-order valence-electron chi connectivity index (χ4n) is 2.27. The standard InChI is InChI=1S/C18H33/c1-3-5-7-9-11-13-15-17-18-16-14-12-10-8-6-4-2/h5,7H,1,4,6,8-18H2,2H3. The number of rotatable bonds is 14. The number of unbranched alkanes of at least 4 members (excludes halogenated alkanes) is 12. The molecule has 0 spiro atoms. The normalized spacial score (nSPS) is 11.2. The van der Waals surface area contributed by atoms with Gasteiger partial charge in [-0.1, -0.05) is 96.3 Å². The molecule has 0 bridgehead atoms. The minimum Gasteiger partial charge on any atom is -0.0912 e. The Kier molecular flexibility index (Phi) is 16.0. The molecule has 0 fully saturated rings. The van der Waals surface area contributed by atoms with Gasteiger partial charge >= 0.3 is 0 Å². The summed E-state index contributed by atoms with van der Waals surface area (Å²) in [5.41, 5.74) is 0. The molecular formula is C18H33. The lowest BCUT2D eigenvalue weighted by Crippen LogP contribution is -1.82. The van der Waals surface area contributed by atoms with Crippen LogP contribution in [0, 0.1) is 6.08 Å².